The zero-order chi connectivity index (χ0) is 12.6. The summed E-state index contributed by atoms with van der Waals surface area (Å²) < 4.78 is 13.8. The van der Waals surface area contributed by atoms with E-state index in [0.29, 0.717) is 5.56 Å². The normalized spacial score (nSPS) is 12.8. The Hall–Kier alpha value is -0.860. The maximum Gasteiger partial charge on any atom is 0.128 e. The lowest BCUT2D eigenvalue weighted by molar-refractivity contribution is 0.612. The van der Waals surface area contributed by atoms with Crippen LogP contribution in [0.4, 0.5) is 4.39 Å². The van der Waals surface area contributed by atoms with E-state index in [-0.39, 0.29) is 5.82 Å². The monoisotopic (exact) mass is 268 g/mol. The Morgan fingerprint density at radius 1 is 1.12 bits per heavy atom. The maximum absolute atomic E-state index is 13.8. The molecule has 1 heterocycles. The lowest BCUT2D eigenvalue weighted by Gasteiger charge is -2.11. The Kier molecular flexibility index (Phi) is 3.55. The quantitative estimate of drug-likeness (QED) is 0.662. The van der Waals surface area contributed by atoms with Crippen molar-refractivity contribution >= 4 is 22.9 Å². The molecular weight excluding hydrogens is 255 g/mol. The molecule has 1 aromatic carbocycles. The molecule has 17 heavy (non-hydrogen) atoms. The van der Waals surface area contributed by atoms with Crippen LogP contribution in [-0.2, 0) is 0 Å². The highest BCUT2D eigenvalue weighted by atomic mass is 35.5. The predicted octanol–water partition coefficient (Wildman–Crippen LogP) is 5.14. The molecule has 0 nitrogen and oxygen atoms in total. The topological polar surface area (TPSA) is 0 Å². The van der Waals surface area contributed by atoms with E-state index in [4.69, 9.17) is 11.6 Å². The number of hydrogen-bond donors (Lipinski definition) is 0. The molecule has 1 atom stereocenters. The molecular formula is C14H14ClFS. The fraction of sp³-hybridized carbons (Fsp3) is 0.286. The summed E-state index contributed by atoms with van der Waals surface area (Å²) in [5, 5.41) is -0.403. The molecule has 2 rings (SSSR count). The first kappa shape index (κ1) is 12.6. The Labute approximate surface area is 110 Å². The number of aryl methyl sites for hydroxylation is 3. The summed E-state index contributed by atoms with van der Waals surface area (Å²) in [6.07, 6.45) is 0. The summed E-state index contributed by atoms with van der Waals surface area (Å²) in [6, 6.07) is 7.10. The zero-order valence-corrected chi connectivity index (χ0v) is 11.6. The van der Waals surface area contributed by atoms with Crippen molar-refractivity contribution in [3.8, 4) is 0 Å². The molecule has 0 radical (unpaired) electrons. The maximum atomic E-state index is 13.8. The molecule has 0 amide bonds. The number of hydrogen-bond acceptors (Lipinski definition) is 1. The lowest BCUT2D eigenvalue weighted by atomic mass is 10.0. The van der Waals surface area contributed by atoms with Crippen LogP contribution in [0.1, 0.15) is 31.8 Å². The van der Waals surface area contributed by atoms with Crippen molar-refractivity contribution in [3.63, 3.8) is 0 Å². The molecule has 0 aliphatic heterocycles. The van der Waals surface area contributed by atoms with Gasteiger partial charge in [0.05, 0.1) is 5.38 Å². The fourth-order valence-corrected chi connectivity index (χ4v) is 3.35. The van der Waals surface area contributed by atoms with Gasteiger partial charge in [-0.1, -0.05) is 17.7 Å². The van der Waals surface area contributed by atoms with Gasteiger partial charge in [-0.25, -0.2) is 4.39 Å². The third-order valence-corrected chi connectivity index (χ3v) is 4.23. The van der Waals surface area contributed by atoms with Crippen molar-refractivity contribution in [3.05, 3.63) is 56.5 Å². The molecule has 0 fully saturated rings. The molecule has 0 aliphatic rings. The third-order valence-electron chi connectivity index (χ3n) is 2.78. The molecule has 90 valence electrons. The molecule has 1 unspecified atom stereocenters. The lowest BCUT2D eigenvalue weighted by Crippen LogP contribution is -1.97. The van der Waals surface area contributed by atoms with Crippen LogP contribution in [0.2, 0.25) is 0 Å². The zero-order valence-electron chi connectivity index (χ0n) is 10.1. The van der Waals surface area contributed by atoms with Crippen molar-refractivity contribution in [2.75, 3.05) is 0 Å². The molecule has 0 aliphatic carbocycles. The first-order chi connectivity index (χ1) is 7.99. The van der Waals surface area contributed by atoms with Crippen molar-refractivity contribution in [1.29, 1.82) is 0 Å². The van der Waals surface area contributed by atoms with Gasteiger partial charge in [0.25, 0.3) is 0 Å². The van der Waals surface area contributed by atoms with Crippen LogP contribution in [0.3, 0.4) is 0 Å². The molecule has 0 spiro atoms. The summed E-state index contributed by atoms with van der Waals surface area (Å²) >= 11 is 8.09. The van der Waals surface area contributed by atoms with Crippen LogP contribution in [0.25, 0.3) is 0 Å². The number of rotatable bonds is 2. The van der Waals surface area contributed by atoms with Gasteiger partial charge >= 0.3 is 0 Å². The average molecular weight is 269 g/mol. The minimum Gasteiger partial charge on any atom is -0.207 e. The van der Waals surface area contributed by atoms with Gasteiger partial charge in [0.15, 0.2) is 0 Å². The van der Waals surface area contributed by atoms with Crippen LogP contribution in [0.5, 0.6) is 0 Å². The number of benzene rings is 1. The standard InChI is InChI=1S/C14H14ClFS/c1-8-4-5-13(16)12(6-8)14(15)11-7-9(2)17-10(11)3/h4-7,14H,1-3H3. The third kappa shape index (κ3) is 2.53. The van der Waals surface area contributed by atoms with Crippen LogP contribution < -0.4 is 0 Å². The minimum atomic E-state index is -0.403. The van der Waals surface area contributed by atoms with Crippen molar-refractivity contribution in [2.45, 2.75) is 26.1 Å². The summed E-state index contributed by atoms with van der Waals surface area (Å²) in [6.45, 7) is 6.01. The van der Waals surface area contributed by atoms with E-state index in [2.05, 4.69) is 0 Å². The Balaban J connectivity index is 2.46. The largest absolute Gasteiger partial charge is 0.207 e. The van der Waals surface area contributed by atoms with Gasteiger partial charge in [0, 0.05) is 15.3 Å². The van der Waals surface area contributed by atoms with Crippen molar-refractivity contribution < 1.29 is 4.39 Å². The van der Waals surface area contributed by atoms with E-state index in [9.17, 15) is 4.39 Å². The Morgan fingerprint density at radius 3 is 2.41 bits per heavy atom. The van der Waals surface area contributed by atoms with Crippen LogP contribution in [0, 0.1) is 26.6 Å². The molecule has 3 heteroatoms. The molecule has 0 saturated carbocycles. The summed E-state index contributed by atoms with van der Waals surface area (Å²) in [4.78, 5) is 2.36. The Morgan fingerprint density at radius 2 is 1.82 bits per heavy atom. The molecule has 0 N–H and O–H groups in total. The van der Waals surface area contributed by atoms with Crippen LogP contribution >= 0.6 is 22.9 Å². The minimum absolute atomic E-state index is 0.237. The smallest absolute Gasteiger partial charge is 0.128 e. The summed E-state index contributed by atoms with van der Waals surface area (Å²) in [5.41, 5.74) is 2.60. The fourth-order valence-electron chi connectivity index (χ4n) is 1.93. The molecule has 1 aromatic heterocycles. The van der Waals surface area contributed by atoms with Gasteiger partial charge in [0.2, 0.25) is 0 Å². The number of halogens is 2. The Bertz CT molecular complexity index is 545. The van der Waals surface area contributed by atoms with E-state index in [1.165, 1.54) is 10.9 Å². The van der Waals surface area contributed by atoms with E-state index in [1.807, 2.05) is 32.9 Å². The SMILES string of the molecule is Cc1ccc(F)c(C(Cl)c2cc(C)sc2C)c1. The van der Waals surface area contributed by atoms with Gasteiger partial charge in [-0.3, -0.25) is 0 Å². The van der Waals surface area contributed by atoms with E-state index < -0.39 is 5.38 Å². The highest BCUT2D eigenvalue weighted by Gasteiger charge is 2.18. The second kappa shape index (κ2) is 4.79. The van der Waals surface area contributed by atoms with E-state index in [0.717, 1.165) is 16.0 Å². The van der Waals surface area contributed by atoms with Crippen molar-refractivity contribution in [2.24, 2.45) is 0 Å². The average Bonchev–Trinajstić information content (AvgIpc) is 2.60. The van der Waals surface area contributed by atoms with Gasteiger partial charge in [-0.05, 0) is 38.5 Å². The van der Waals surface area contributed by atoms with Gasteiger partial charge in [-0.15, -0.1) is 22.9 Å². The van der Waals surface area contributed by atoms with Crippen LogP contribution in [0.15, 0.2) is 24.3 Å². The first-order valence-electron chi connectivity index (χ1n) is 5.46. The molecule has 0 bridgehead atoms. The van der Waals surface area contributed by atoms with Gasteiger partial charge in [-0.2, -0.15) is 0 Å². The number of alkyl halides is 1. The number of thiophene rings is 1. The molecule has 0 saturated heterocycles. The highest BCUT2D eigenvalue weighted by molar-refractivity contribution is 7.12. The molecule has 2 aromatic rings. The second-order valence-corrected chi connectivity index (χ2v) is 6.15. The van der Waals surface area contributed by atoms with Crippen molar-refractivity contribution in [1.82, 2.24) is 0 Å². The highest BCUT2D eigenvalue weighted by Crippen LogP contribution is 2.36. The first-order valence-corrected chi connectivity index (χ1v) is 6.71. The summed E-state index contributed by atoms with van der Waals surface area (Å²) in [5.74, 6) is -0.237. The van der Waals surface area contributed by atoms with Gasteiger partial charge < -0.3 is 0 Å². The van der Waals surface area contributed by atoms with E-state index in [1.54, 1.807) is 17.4 Å². The van der Waals surface area contributed by atoms with E-state index >= 15 is 0 Å². The predicted molar refractivity (Wildman–Crippen MR) is 72.6 cm³/mol. The second-order valence-electron chi connectivity index (χ2n) is 4.26. The summed E-state index contributed by atoms with van der Waals surface area (Å²) in [7, 11) is 0. The van der Waals surface area contributed by atoms with Crippen LogP contribution in [-0.4, -0.2) is 0 Å². The van der Waals surface area contributed by atoms with Gasteiger partial charge in [0.1, 0.15) is 5.82 Å².